The lowest BCUT2D eigenvalue weighted by Gasteiger charge is -2.32. The summed E-state index contributed by atoms with van der Waals surface area (Å²) in [6.45, 7) is 5.12. The van der Waals surface area contributed by atoms with E-state index in [2.05, 4.69) is 21.7 Å². The van der Waals surface area contributed by atoms with Crippen molar-refractivity contribution in [2.45, 2.75) is 64.2 Å². The summed E-state index contributed by atoms with van der Waals surface area (Å²) in [6.07, 6.45) is 4.05. The number of nitrogens with zero attached hydrogens (tertiary/aromatic N) is 4. The highest BCUT2D eigenvalue weighted by atomic mass is 35.5. The Bertz CT molecular complexity index is 1520. The first kappa shape index (κ1) is 31.8. The van der Waals surface area contributed by atoms with Gasteiger partial charge in [-0.3, -0.25) is 19.4 Å². The van der Waals surface area contributed by atoms with Crippen LogP contribution >= 0.6 is 24.8 Å². The van der Waals surface area contributed by atoms with Gasteiger partial charge in [-0.15, -0.1) is 24.8 Å². The van der Waals surface area contributed by atoms with Gasteiger partial charge in [0, 0.05) is 18.5 Å². The number of pyridine rings is 1. The Labute approximate surface area is 252 Å². The minimum Gasteiger partial charge on any atom is -0.341 e. The summed E-state index contributed by atoms with van der Waals surface area (Å²) in [4.78, 5) is 48.2. The highest BCUT2D eigenvalue weighted by molar-refractivity contribution is 6.09. The van der Waals surface area contributed by atoms with E-state index in [1.54, 1.807) is 44.0 Å². The van der Waals surface area contributed by atoms with E-state index in [4.69, 9.17) is 0 Å². The maximum absolute atomic E-state index is 14.4. The number of carbonyl (C=O) groups is 3. The number of anilines is 2. The van der Waals surface area contributed by atoms with Crippen LogP contribution in [0, 0.1) is 11.3 Å². The lowest BCUT2D eigenvalue weighted by Crippen LogP contribution is -2.59. The van der Waals surface area contributed by atoms with E-state index < -0.39 is 18.1 Å². The van der Waals surface area contributed by atoms with Crippen molar-refractivity contribution in [2.75, 3.05) is 16.8 Å². The van der Waals surface area contributed by atoms with Gasteiger partial charge in [0.1, 0.15) is 6.04 Å². The highest BCUT2D eigenvalue weighted by Crippen LogP contribution is 2.44. The van der Waals surface area contributed by atoms with E-state index >= 15 is 0 Å². The number of nitriles is 1. The minimum absolute atomic E-state index is 0. The molecule has 3 aromatic rings. The third-order valence-electron chi connectivity index (χ3n) is 7.79. The van der Waals surface area contributed by atoms with Gasteiger partial charge in [-0.05, 0) is 75.0 Å². The van der Waals surface area contributed by atoms with Crippen molar-refractivity contribution in [3.05, 3.63) is 65.4 Å². The maximum Gasteiger partial charge on any atom is 0.252 e. The van der Waals surface area contributed by atoms with Gasteiger partial charge in [0.25, 0.3) is 5.91 Å². The summed E-state index contributed by atoms with van der Waals surface area (Å²) in [5, 5.41) is 16.4. The van der Waals surface area contributed by atoms with E-state index in [0.717, 1.165) is 34.9 Å². The second-order valence-electron chi connectivity index (χ2n) is 10.3. The number of para-hydroxylation sites is 1. The molecule has 1 saturated carbocycles. The standard InChI is InChI=1S/C30H32N6O3.2ClH/c1-17(32-4)29(38)34-28-18(2)36(19(3)37)27-13-20(14-31)9-12-26(27)35(30(28)39)16-24-22-7-5-6-8-25(22)33-15-23(24)21-10-11-21;;/h5-9,12-13,15,17-18,21,28,32H,10-11,16H2,1-4H3,(H,34,38);2*1H/t17?,18-,28-;;/m0../s1. The summed E-state index contributed by atoms with van der Waals surface area (Å²) in [7, 11) is 1.67. The van der Waals surface area contributed by atoms with Crippen molar-refractivity contribution < 1.29 is 14.4 Å². The number of aromatic nitrogens is 1. The van der Waals surface area contributed by atoms with Gasteiger partial charge in [-0.2, -0.15) is 5.26 Å². The summed E-state index contributed by atoms with van der Waals surface area (Å²) < 4.78 is 0. The van der Waals surface area contributed by atoms with Crippen LogP contribution in [-0.2, 0) is 20.9 Å². The summed E-state index contributed by atoms with van der Waals surface area (Å²) in [6, 6.07) is 12.8. The second-order valence-corrected chi connectivity index (χ2v) is 10.3. The first-order chi connectivity index (χ1) is 18.7. The Morgan fingerprint density at radius 3 is 2.49 bits per heavy atom. The van der Waals surface area contributed by atoms with Crippen molar-refractivity contribution in [1.82, 2.24) is 15.6 Å². The molecular formula is C30H34Cl2N6O3. The lowest BCUT2D eigenvalue weighted by atomic mass is 9.99. The van der Waals surface area contributed by atoms with Crippen molar-refractivity contribution in [2.24, 2.45) is 0 Å². The van der Waals surface area contributed by atoms with Gasteiger partial charge in [-0.1, -0.05) is 18.2 Å². The maximum atomic E-state index is 14.4. The summed E-state index contributed by atoms with van der Waals surface area (Å²) in [5.74, 6) is -0.568. The van der Waals surface area contributed by atoms with Crippen LogP contribution in [0.1, 0.15) is 56.2 Å². The molecule has 41 heavy (non-hydrogen) atoms. The molecule has 3 amide bonds. The van der Waals surface area contributed by atoms with Gasteiger partial charge >= 0.3 is 0 Å². The molecule has 2 N–H and O–H groups in total. The number of fused-ring (bicyclic) bond motifs is 2. The van der Waals surface area contributed by atoms with E-state index in [0.29, 0.717) is 22.9 Å². The van der Waals surface area contributed by atoms with Crippen LogP contribution in [0.5, 0.6) is 0 Å². The Kier molecular flexibility index (Phi) is 9.98. The molecule has 0 spiro atoms. The molecular weight excluding hydrogens is 563 g/mol. The fraction of sp³-hybridized carbons (Fsp3) is 0.367. The smallest absolute Gasteiger partial charge is 0.252 e. The Morgan fingerprint density at radius 1 is 1.15 bits per heavy atom. The van der Waals surface area contributed by atoms with Crippen LogP contribution < -0.4 is 20.4 Å². The number of hydrogen-bond donors (Lipinski definition) is 2. The molecule has 11 heteroatoms. The molecule has 1 fully saturated rings. The van der Waals surface area contributed by atoms with E-state index in [1.807, 2.05) is 30.5 Å². The SMILES string of the molecule is CNC(C)C(=O)N[C@@H]1C(=O)N(Cc2c(C3CC3)cnc3ccccc23)c2ccc(C#N)cc2N(C(C)=O)[C@H]1C.Cl.Cl. The molecule has 9 nitrogen and oxygen atoms in total. The third kappa shape index (κ3) is 6.01. The number of halogens is 2. The fourth-order valence-corrected chi connectivity index (χ4v) is 5.38. The van der Waals surface area contributed by atoms with Crippen molar-refractivity contribution in [1.29, 1.82) is 5.26 Å². The normalized spacial score (nSPS) is 18.8. The lowest BCUT2D eigenvalue weighted by molar-refractivity contribution is -0.129. The predicted octanol–water partition coefficient (Wildman–Crippen LogP) is 4.21. The van der Waals surface area contributed by atoms with E-state index in [1.165, 1.54) is 11.8 Å². The number of rotatable bonds is 6. The molecule has 2 heterocycles. The number of amides is 3. The van der Waals surface area contributed by atoms with Gasteiger partial charge in [0.2, 0.25) is 11.8 Å². The molecule has 1 unspecified atom stereocenters. The van der Waals surface area contributed by atoms with Crippen molar-refractivity contribution in [3.63, 3.8) is 0 Å². The van der Waals surface area contributed by atoms with Crippen LogP contribution in [0.25, 0.3) is 10.9 Å². The van der Waals surface area contributed by atoms with Crippen LogP contribution in [0.4, 0.5) is 11.4 Å². The zero-order chi connectivity index (χ0) is 27.8. The molecule has 0 saturated heterocycles. The minimum atomic E-state index is -1.01. The summed E-state index contributed by atoms with van der Waals surface area (Å²) >= 11 is 0. The van der Waals surface area contributed by atoms with Crippen molar-refractivity contribution >= 4 is 64.8 Å². The molecule has 1 aromatic heterocycles. The topological polar surface area (TPSA) is 118 Å². The molecule has 2 aromatic carbocycles. The highest BCUT2D eigenvalue weighted by Gasteiger charge is 2.42. The number of benzene rings is 2. The molecule has 1 aliphatic carbocycles. The Balaban J connectivity index is 0.00000231. The number of nitrogens with one attached hydrogen (secondary N) is 2. The molecule has 3 atom stereocenters. The molecule has 5 rings (SSSR count). The fourth-order valence-electron chi connectivity index (χ4n) is 5.38. The van der Waals surface area contributed by atoms with Crippen LogP contribution in [0.3, 0.4) is 0 Å². The monoisotopic (exact) mass is 596 g/mol. The molecule has 2 aliphatic rings. The summed E-state index contributed by atoms with van der Waals surface area (Å²) in [5.41, 5.74) is 4.31. The van der Waals surface area contributed by atoms with Gasteiger partial charge in [-0.25, -0.2) is 0 Å². The molecule has 0 radical (unpaired) electrons. The zero-order valence-corrected chi connectivity index (χ0v) is 25.0. The largest absolute Gasteiger partial charge is 0.341 e. The van der Waals surface area contributed by atoms with E-state index in [-0.39, 0.29) is 49.1 Å². The molecule has 0 bridgehead atoms. The first-order valence-corrected chi connectivity index (χ1v) is 13.2. The zero-order valence-electron chi connectivity index (χ0n) is 23.4. The molecule has 1 aliphatic heterocycles. The quantitative estimate of drug-likeness (QED) is 0.440. The van der Waals surface area contributed by atoms with Crippen LogP contribution in [0.2, 0.25) is 0 Å². The second kappa shape index (κ2) is 12.9. The third-order valence-corrected chi connectivity index (χ3v) is 7.79. The number of hydrogen-bond acceptors (Lipinski definition) is 6. The number of likely N-dealkylation sites (N-methyl/N-ethyl adjacent to an activating group) is 1. The van der Waals surface area contributed by atoms with Crippen molar-refractivity contribution in [3.8, 4) is 6.07 Å². The number of carbonyl (C=O) groups excluding carboxylic acids is 3. The predicted molar refractivity (Wildman–Crippen MR) is 164 cm³/mol. The van der Waals surface area contributed by atoms with Gasteiger partial charge < -0.3 is 20.4 Å². The van der Waals surface area contributed by atoms with Gasteiger partial charge in [0.15, 0.2) is 0 Å². The average Bonchev–Trinajstić information content (AvgIpc) is 3.79. The first-order valence-electron chi connectivity index (χ1n) is 13.2. The Hall–Kier alpha value is -3.71. The average molecular weight is 598 g/mol. The van der Waals surface area contributed by atoms with Crippen LogP contribution in [-0.4, -0.2) is 47.9 Å². The van der Waals surface area contributed by atoms with Gasteiger partial charge in [0.05, 0.1) is 47.2 Å². The Morgan fingerprint density at radius 2 is 1.85 bits per heavy atom. The molecule has 216 valence electrons. The van der Waals surface area contributed by atoms with E-state index in [9.17, 15) is 19.6 Å². The van der Waals surface area contributed by atoms with Crippen LogP contribution in [0.15, 0.2) is 48.7 Å².